The third kappa shape index (κ3) is 3.43. The number of hydrogen-bond donors (Lipinski definition) is 0. The lowest BCUT2D eigenvalue weighted by molar-refractivity contribution is -0.0498. The normalized spacial score (nSPS) is 12.7. The number of thiophene rings is 1. The number of hydrogen-bond acceptors (Lipinski definition) is 2. The molecule has 2 aromatic rings. The topological polar surface area (TPSA) is 9.23 Å². The summed E-state index contributed by atoms with van der Waals surface area (Å²) in [6.45, 7) is -2.83. The van der Waals surface area contributed by atoms with Crippen LogP contribution in [0.3, 0.4) is 0 Å². The minimum Gasteiger partial charge on any atom is -0.435 e. The summed E-state index contributed by atoms with van der Waals surface area (Å²) >= 11 is 11.2. The molecule has 0 bridgehead atoms. The number of rotatable bonds is 4. The number of alkyl halides is 3. The molecule has 0 N–H and O–H groups in total. The Morgan fingerprint density at radius 1 is 1.22 bits per heavy atom. The summed E-state index contributed by atoms with van der Waals surface area (Å²) in [5, 5.41) is -0.373. The van der Waals surface area contributed by atoms with Crippen LogP contribution in [-0.4, -0.2) is 6.61 Å². The van der Waals surface area contributed by atoms with Gasteiger partial charge in [0.2, 0.25) is 0 Å². The van der Waals surface area contributed by atoms with Crippen LogP contribution >= 0.6 is 38.9 Å². The van der Waals surface area contributed by atoms with E-state index in [-0.39, 0.29) is 11.1 Å². The van der Waals surface area contributed by atoms with Crippen LogP contribution in [0.25, 0.3) is 0 Å². The molecule has 0 aliphatic carbocycles. The number of ether oxygens (including phenoxy) is 1. The standard InChI is InChI=1S/C12H8BrClF2OS/c13-10-5-4-9(18-10)11(14)7-2-1-3-8(6-7)17-12(15)16/h1-6,11-12H. The molecule has 1 nitrogen and oxygen atoms in total. The Bertz CT molecular complexity index is 532. The van der Waals surface area contributed by atoms with E-state index in [1.807, 2.05) is 12.1 Å². The molecule has 1 aromatic heterocycles. The molecular weight excluding hydrogens is 346 g/mol. The molecule has 0 aliphatic rings. The molecule has 0 saturated heterocycles. The summed E-state index contributed by atoms with van der Waals surface area (Å²) in [6, 6.07) is 10.2. The Morgan fingerprint density at radius 2 is 2.00 bits per heavy atom. The third-order valence-corrected chi connectivity index (χ3v) is 4.52. The molecule has 0 amide bonds. The zero-order valence-electron chi connectivity index (χ0n) is 8.95. The van der Waals surface area contributed by atoms with Gasteiger partial charge < -0.3 is 4.74 Å². The van der Waals surface area contributed by atoms with Gasteiger partial charge in [0, 0.05) is 4.88 Å². The van der Waals surface area contributed by atoms with Gasteiger partial charge in [-0.15, -0.1) is 22.9 Å². The van der Waals surface area contributed by atoms with Crippen molar-refractivity contribution >= 4 is 38.9 Å². The fourth-order valence-corrected chi connectivity index (χ4v) is 3.25. The van der Waals surface area contributed by atoms with E-state index >= 15 is 0 Å². The predicted octanol–water partition coefficient (Wildman–Crippen LogP) is 5.44. The lowest BCUT2D eigenvalue weighted by Gasteiger charge is -2.10. The molecule has 1 unspecified atom stereocenters. The first-order valence-corrected chi connectivity index (χ1v) is 7.05. The number of halogens is 4. The Balaban J connectivity index is 2.22. The smallest absolute Gasteiger partial charge is 0.387 e. The number of benzene rings is 1. The molecule has 0 radical (unpaired) electrons. The van der Waals surface area contributed by atoms with Crippen molar-refractivity contribution in [2.24, 2.45) is 0 Å². The van der Waals surface area contributed by atoms with Crippen LogP contribution < -0.4 is 4.74 Å². The maximum absolute atomic E-state index is 12.1. The molecular formula is C12H8BrClF2OS. The molecule has 1 atom stereocenters. The van der Waals surface area contributed by atoms with Crippen LogP contribution in [0.15, 0.2) is 40.2 Å². The van der Waals surface area contributed by atoms with Crippen LogP contribution in [0, 0.1) is 0 Å². The quantitative estimate of drug-likeness (QED) is 0.665. The first kappa shape index (κ1) is 13.8. The fraction of sp³-hybridized carbons (Fsp3) is 0.167. The minimum atomic E-state index is -2.83. The van der Waals surface area contributed by atoms with Crippen molar-refractivity contribution in [1.29, 1.82) is 0 Å². The van der Waals surface area contributed by atoms with E-state index in [1.165, 1.54) is 23.5 Å². The van der Waals surface area contributed by atoms with Crippen molar-refractivity contribution in [2.45, 2.75) is 12.0 Å². The van der Waals surface area contributed by atoms with E-state index in [0.29, 0.717) is 0 Å². The van der Waals surface area contributed by atoms with E-state index in [0.717, 1.165) is 14.2 Å². The maximum Gasteiger partial charge on any atom is 0.387 e. The first-order valence-electron chi connectivity index (χ1n) is 5.00. The Kier molecular flexibility index (Phi) is 4.59. The summed E-state index contributed by atoms with van der Waals surface area (Å²) in [5.74, 6) is 0.115. The van der Waals surface area contributed by atoms with Gasteiger partial charge in [-0.05, 0) is 45.8 Å². The second kappa shape index (κ2) is 5.99. The Labute approximate surface area is 120 Å². The van der Waals surface area contributed by atoms with Gasteiger partial charge >= 0.3 is 6.61 Å². The highest BCUT2D eigenvalue weighted by atomic mass is 79.9. The second-order valence-corrected chi connectivity index (χ2v) is 6.39. The van der Waals surface area contributed by atoms with E-state index in [4.69, 9.17) is 11.6 Å². The van der Waals surface area contributed by atoms with Crippen LogP contribution in [0.5, 0.6) is 5.75 Å². The molecule has 0 fully saturated rings. The molecule has 1 heterocycles. The van der Waals surface area contributed by atoms with E-state index in [2.05, 4.69) is 20.7 Å². The van der Waals surface area contributed by atoms with Crippen molar-refractivity contribution < 1.29 is 13.5 Å². The monoisotopic (exact) mass is 352 g/mol. The van der Waals surface area contributed by atoms with Gasteiger partial charge in [0.25, 0.3) is 0 Å². The third-order valence-electron chi connectivity index (χ3n) is 2.22. The van der Waals surface area contributed by atoms with E-state index in [9.17, 15) is 8.78 Å². The molecule has 96 valence electrons. The molecule has 0 saturated carbocycles. The van der Waals surface area contributed by atoms with Crippen molar-refractivity contribution in [3.63, 3.8) is 0 Å². The Hall–Kier alpha value is -0.650. The van der Waals surface area contributed by atoms with Crippen molar-refractivity contribution in [2.75, 3.05) is 0 Å². The molecule has 2 rings (SSSR count). The SMILES string of the molecule is FC(F)Oc1cccc(C(Cl)c2ccc(Br)s2)c1. The van der Waals surface area contributed by atoms with Crippen molar-refractivity contribution in [3.8, 4) is 5.75 Å². The largest absolute Gasteiger partial charge is 0.435 e. The van der Waals surface area contributed by atoms with Crippen LogP contribution in [0.1, 0.15) is 15.8 Å². The summed E-state index contributed by atoms with van der Waals surface area (Å²) in [7, 11) is 0. The highest BCUT2D eigenvalue weighted by Gasteiger charge is 2.14. The van der Waals surface area contributed by atoms with E-state index < -0.39 is 6.61 Å². The molecule has 0 aliphatic heterocycles. The highest BCUT2D eigenvalue weighted by Crippen LogP contribution is 2.36. The lowest BCUT2D eigenvalue weighted by Crippen LogP contribution is -2.02. The fourth-order valence-electron chi connectivity index (χ4n) is 1.48. The van der Waals surface area contributed by atoms with Crippen molar-refractivity contribution in [3.05, 3.63) is 50.6 Å². The molecule has 1 aromatic carbocycles. The lowest BCUT2D eigenvalue weighted by atomic mass is 10.1. The molecule has 18 heavy (non-hydrogen) atoms. The summed E-state index contributed by atoms with van der Waals surface area (Å²) < 4.78 is 29.6. The first-order chi connectivity index (χ1) is 8.56. The molecule has 6 heteroatoms. The second-order valence-electron chi connectivity index (χ2n) is 3.46. The molecule has 0 spiro atoms. The van der Waals surface area contributed by atoms with Gasteiger partial charge in [0.1, 0.15) is 5.75 Å². The van der Waals surface area contributed by atoms with Gasteiger partial charge in [-0.3, -0.25) is 0 Å². The van der Waals surface area contributed by atoms with Gasteiger partial charge in [-0.2, -0.15) is 8.78 Å². The minimum absolute atomic E-state index is 0.115. The highest BCUT2D eigenvalue weighted by molar-refractivity contribution is 9.11. The van der Waals surface area contributed by atoms with Gasteiger partial charge in [-0.1, -0.05) is 12.1 Å². The van der Waals surface area contributed by atoms with Gasteiger partial charge in [0.05, 0.1) is 9.16 Å². The van der Waals surface area contributed by atoms with E-state index in [1.54, 1.807) is 12.1 Å². The van der Waals surface area contributed by atoms with Crippen LogP contribution in [0.4, 0.5) is 8.78 Å². The zero-order valence-corrected chi connectivity index (χ0v) is 12.1. The zero-order chi connectivity index (χ0) is 13.1. The van der Waals surface area contributed by atoms with Crippen molar-refractivity contribution in [1.82, 2.24) is 0 Å². The average molecular weight is 354 g/mol. The summed E-state index contributed by atoms with van der Waals surface area (Å²) in [5.41, 5.74) is 0.726. The van der Waals surface area contributed by atoms with Crippen LogP contribution in [0.2, 0.25) is 0 Å². The Morgan fingerprint density at radius 3 is 2.61 bits per heavy atom. The van der Waals surface area contributed by atoms with Gasteiger partial charge in [0.15, 0.2) is 0 Å². The summed E-state index contributed by atoms with van der Waals surface area (Å²) in [6.07, 6.45) is 0. The maximum atomic E-state index is 12.1. The summed E-state index contributed by atoms with van der Waals surface area (Å²) in [4.78, 5) is 0.942. The van der Waals surface area contributed by atoms with Crippen LogP contribution in [-0.2, 0) is 0 Å². The predicted molar refractivity (Wildman–Crippen MR) is 72.8 cm³/mol. The average Bonchev–Trinajstić information content (AvgIpc) is 2.74. The van der Waals surface area contributed by atoms with Gasteiger partial charge in [-0.25, -0.2) is 0 Å².